The Balaban J connectivity index is 2.29. The number of ether oxygens (including phenoxy) is 1. The second kappa shape index (κ2) is 6.27. The van der Waals surface area contributed by atoms with Gasteiger partial charge in [0.15, 0.2) is 0 Å². The Bertz CT molecular complexity index is 735. The van der Waals surface area contributed by atoms with Crippen LogP contribution in [0.2, 0.25) is 0 Å². The molecule has 0 amide bonds. The molecule has 2 rings (SSSR count). The molecule has 0 bridgehead atoms. The number of hydrogen-bond acceptors (Lipinski definition) is 4. The molecule has 4 heteroatoms. The minimum Gasteiger partial charge on any atom is -0.508 e. The summed E-state index contributed by atoms with van der Waals surface area (Å²) in [7, 11) is 0. The standard InChI is InChI=1S/C17H12N2O2/c1-12-8-14(15(10-18)11-19)9-17(21-12)7-4-13-2-5-16(20)6-3-13/h2-9,20H,1H3/b7-4+. The van der Waals surface area contributed by atoms with Crippen LogP contribution in [0.3, 0.4) is 0 Å². The van der Waals surface area contributed by atoms with E-state index >= 15 is 0 Å². The Kier molecular flexibility index (Phi) is 4.23. The third-order valence-electron chi connectivity index (χ3n) is 2.78. The van der Waals surface area contributed by atoms with Gasteiger partial charge in [0.25, 0.3) is 0 Å². The molecule has 0 saturated heterocycles. The van der Waals surface area contributed by atoms with Crippen LogP contribution in [0.1, 0.15) is 12.5 Å². The lowest BCUT2D eigenvalue weighted by Crippen LogP contribution is -1.97. The van der Waals surface area contributed by atoms with Crippen molar-refractivity contribution in [3.05, 3.63) is 70.7 Å². The van der Waals surface area contributed by atoms with E-state index in [-0.39, 0.29) is 11.3 Å². The Labute approximate surface area is 122 Å². The van der Waals surface area contributed by atoms with Crippen LogP contribution in [0, 0.1) is 22.7 Å². The highest BCUT2D eigenvalue weighted by Gasteiger charge is 2.10. The molecule has 1 aliphatic heterocycles. The van der Waals surface area contributed by atoms with Crippen LogP contribution >= 0.6 is 0 Å². The first kappa shape index (κ1) is 14.2. The molecule has 0 saturated carbocycles. The van der Waals surface area contributed by atoms with Gasteiger partial charge in [-0.05, 0) is 42.8 Å². The van der Waals surface area contributed by atoms with E-state index in [4.69, 9.17) is 15.3 Å². The lowest BCUT2D eigenvalue weighted by atomic mass is 10.1. The van der Waals surface area contributed by atoms with Crippen LogP contribution in [0.25, 0.3) is 6.08 Å². The maximum atomic E-state index is 9.22. The van der Waals surface area contributed by atoms with Gasteiger partial charge in [-0.2, -0.15) is 10.5 Å². The summed E-state index contributed by atoms with van der Waals surface area (Å²) in [6.07, 6.45) is 6.86. The first-order valence-corrected chi connectivity index (χ1v) is 6.22. The van der Waals surface area contributed by atoms with Gasteiger partial charge in [-0.1, -0.05) is 18.2 Å². The normalized spacial score (nSPS) is 13.8. The largest absolute Gasteiger partial charge is 0.508 e. The highest BCUT2D eigenvalue weighted by molar-refractivity contribution is 5.57. The molecule has 1 heterocycles. The second-order valence-electron chi connectivity index (χ2n) is 4.38. The molecule has 21 heavy (non-hydrogen) atoms. The van der Waals surface area contributed by atoms with E-state index < -0.39 is 0 Å². The van der Waals surface area contributed by atoms with Crippen molar-refractivity contribution in [1.29, 1.82) is 10.5 Å². The van der Waals surface area contributed by atoms with Crippen LogP contribution < -0.4 is 0 Å². The van der Waals surface area contributed by atoms with Crippen molar-refractivity contribution in [2.75, 3.05) is 0 Å². The van der Waals surface area contributed by atoms with Gasteiger partial charge in [0.1, 0.15) is 35.0 Å². The van der Waals surface area contributed by atoms with Crippen LogP contribution in [-0.2, 0) is 4.74 Å². The average molecular weight is 276 g/mol. The third-order valence-corrected chi connectivity index (χ3v) is 2.78. The maximum Gasteiger partial charge on any atom is 0.137 e. The van der Waals surface area contributed by atoms with Crippen molar-refractivity contribution in [1.82, 2.24) is 0 Å². The Hall–Kier alpha value is -3.24. The zero-order chi connectivity index (χ0) is 15.2. The van der Waals surface area contributed by atoms with Crippen molar-refractivity contribution >= 4 is 6.08 Å². The van der Waals surface area contributed by atoms with E-state index in [0.717, 1.165) is 5.56 Å². The molecule has 4 nitrogen and oxygen atoms in total. The van der Waals surface area contributed by atoms with E-state index in [0.29, 0.717) is 17.1 Å². The van der Waals surface area contributed by atoms with Gasteiger partial charge in [-0.15, -0.1) is 0 Å². The molecule has 0 atom stereocenters. The van der Waals surface area contributed by atoms with Gasteiger partial charge >= 0.3 is 0 Å². The highest BCUT2D eigenvalue weighted by Crippen LogP contribution is 2.22. The van der Waals surface area contributed by atoms with Crippen molar-refractivity contribution in [2.24, 2.45) is 0 Å². The smallest absolute Gasteiger partial charge is 0.137 e. The number of nitrogens with zero attached hydrogens (tertiary/aromatic N) is 2. The van der Waals surface area contributed by atoms with Crippen molar-refractivity contribution in [3.63, 3.8) is 0 Å². The Morgan fingerprint density at radius 2 is 1.76 bits per heavy atom. The quantitative estimate of drug-likeness (QED) is 0.838. The summed E-state index contributed by atoms with van der Waals surface area (Å²) in [5.74, 6) is 1.36. The van der Waals surface area contributed by atoms with E-state index in [1.54, 1.807) is 49.4 Å². The number of benzene rings is 1. The minimum atomic E-state index is 0.0492. The highest BCUT2D eigenvalue weighted by atomic mass is 16.5. The van der Waals surface area contributed by atoms with Gasteiger partial charge in [0.05, 0.1) is 0 Å². The predicted octanol–water partition coefficient (Wildman–Crippen LogP) is 3.57. The van der Waals surface area contributed by atoms with E-state index in [9.17, 15) is 5.11 Å². The topological polar surface area (TPSA) is 77.0 Å². The molecule has 0 aromatic heterocycles. The molecule has 1 aliphatic rings. The molecule has 1 N–H and O–H groups in total. The van der Waals surface area contributed by atoms with Crippen LogP contribution in [0.15, 0.2) is 65.2 Å². The van der Waals surface area contributed by atoms with Crippen LogP contribution in [0.4, 0.5) is 0 Å². The third kappa shape index (κ3) is 3.62. The number of rotatable bonds is 2. The molecule has 0 aliphatic carbocycles. The molecule has 1 aromatic carbocycles. The number of phenols is 1. The van der Waals surface area contributed by atoms with Gasteiger partial charge in [-0.3, -0.25) is 0 Å². The molecule has 0 fully saturated rings. The van der Waals surface area contributed by atoms with Gasteiger partial charge in [-0.25, -0.2) is 0 Å². The molecule has 0 radical (unpaired) electrons. The first-order valence-electron chi connectivity index (χ1n) is 6.22. The number of nitriles is 2. The monoisotopic (exact) mass is 276 g/mol. The molecule has 0 unspecified atom stereocenters. The average Bonchev–Trinajstić information content (AvgIpc) is 2.47. The number of aromatic hydroxyl groups is 1. The number of allylic oxidation sites excluding steroid dienone is 6. The maximum absolute atomic E-state index is 9.22. The van der Waals surface area contributed by atoms with Crippen molar-refractivity contribution < 1.29 is 9.84 Å². The summed E-state index contributed by atoms with van der Waals surface area (Å²) in [5.41, 5.74) is 1.48. The summed E-state index contributed by atoms with van der Waals surface area (Å²) >= 11 is 0. The number of phenolic OH excluding ortho intramolecular Hbond substituents is 1. The second-order valence-corrected chi connectivity index (χ2v) is 4.38. The molecular formula is C17H12N2O2. The zero-order valence-electron chi connectivity index (χ0n) is 11.4. The molecular weight excluding hydrogens is 264 g/mol. The summed E-state index contributed by atoms with van der Waals surface area (Å²) in [6, 6.07) is 10.5. The van der Waals surface area contributed by atoms with Gasteiger partial charge < -0.3 is 9.84 Å². The lowest BCUT2D eigenvalue weighted by molar-refractivity contribution is 0.318. The fourth-order valence-electron chi connectivity index (χ4n) is 1.80. The number of hydrogen-bond donors (Lipinski definition) is 1. The van der Waals surface area contributed by atoms with Crippen LogP contribution in [0.5, 0.6) is 5.75 Å². The predicted molar refractivity (Wildman–Crippen MR) is 78.3 cm³/mol. The summed E-state index contributed by atoms with van der Waals surface area (Å²) in [6.45, 7) is 1.76. The molecule has 0 spiro atoms. The van der Waals surface area contributed by atoms with Crippen molar-refractivity contribution in [2.45, 2.75) is 6.92 Å². The van der Waals surface area contributed by atoms with Gasteiger partial charge in [0.2, 0.25) is 0 Å². The fraction of sp³-hybridized carbons (Fsp3) is 0.0588. The van der Waals surface area contributed by atoms with Crippen molar-refractivity contribution in [3.8, 4) is 17.9 Å². The summed E-state index contributed by atoms with van der Waals surface area (Å²) in [4.78, 5) is 0. The molecule has 1 aromatic rings. The lowest BCUT2D eigenvalue weighted by Gasteiger charge is -2.13. The zero-order valence-corrected chi connectivity index (χ0v) is 11.4. The van der Waals surface area contributed by atoms with Gasteiger partial charge in [0, 0.05) is 5.57 Å². The van der Waals surface area contributed by atoms with E-state index in [1.165, 1.54) is 0 Å². The van der Waals surface area contributed by atoms with E-state index in [1.807, 2.05) is 18.2 Å². The first-order chi connectivity index (χ1) is 10.1. The summed E-state index contributed by atoms with van der Waals surface area (Å²) < 4.78 is 5.53. The van der Waals surface area contributed by atoms with E-state index in [2.05, 4.69) is 0 Å². The summed E-state index contributed by atoms with van der Waals surface area (Å²) in [5, 5.41) is 27.1. The SMILES string of the molecule is CC1=CC(=C(C#N)C#N)C=C(/C=C/c2ccc(O)cc2)O1. The Morgan fingerprint density at radius 3 is 2.38 bits per heavy atom. The molecule has 102 valence electrons. The van der Waals surface area contributed by atoms with Crippen LogP contribution in [-0.4, -0.2) is 5.11 Å². The fourth-order valence-corrected chi connectivity index (χ4v) is 1.80. The minimum absolute atomic E-state index is 0.0492. The Morgan fingerprint density at radius 1 is 1.10 bits per heavy atom.